The maximum atomic E-state index is 13.9. The molecule has 0 aromatic heterocycles. The molecule has 28 heavy (non-hydrogen) atoms. The SMILES string of the molecule is CCN(CC(=O)Nc1ccc(N2CCOCC2)cc1)C(=O)c1ccccc1F. The van der Waals surface area contributed by atoms with E-state index < -0.39 is 11.7 Å². The predicted octanol–water partition coefficient (Wildman–Crippen LogP) is 2.76. The highest BCUT2D eigenvalue weighted by Gasteiger charge is 2.20. The second kappa shape index (κ2) is 9.32. The Bertz CT molecular complexity index is 820. The number of amides is 2. The number of halogens is 1. The third kappa shape index (κ3) is 4.86. The van der Waals surface area contributed by atoms with Crippen molar-refractivity contribution < 1.29 is 18.7 Å². The molecule has 1 heterocycles. The van der Waals surface area contributed by atoms with Gasteiger partial charge in [0, 0.05) is 31.0 Å². The van der Waals surface area contributed by atoms with E-state index >= 15 is 0 Å². The highest BCUT2D eigenvalue weighted by molar-refractivity contribution is 5.99. The summed E-state index contributed by atoms with van der Waals surface area (Å²) in [6.07, 6.45) is 0. The lowest BCUT2D eigenvalue weighted by atomic mass is 10.2. The number of anilines is 2. The van der Waals surface area contributed by atoms with Crippen molar-refractivity contribution in [1.82, 2.24) is 4.90 Å². The number of hydrogen-bond donors (Lipinski definition) is 1. The van der Waals surface area contributed by atoms with Gasteiger partial charge in [-0.25, -0.2) is 4.39 Å². The first-order valence-electron chi connectivity index (χ1n) is 9.35. The number of rotatable bonds is 6. The summed E-state index contributed by atoms with van der Waals surface area (Å²) in [5, 5.41) is 2.79. The van der Waals surface area contributed by atoms with Gasteiger partial charge in [0.15, 0.2) is 0 Å². The Hall–Kier alpha value is -2.93. The Labute approximate surface area is 163 Å². The van der Waals surface area contributed by atoms with Crippen LogP contribution in [0.2, 0.25) is 0 Å². The van der Waals surface area contributed by atoms with Gasteiger partial charge in [-0.15, -0.1) is 0 Å². The highest BCUT2D eigenvalue weighted by atomic mass is 19.1. The summed E-state index contributed by atoms with van der Waals surface area (Å²) in [6.45, 7) is 5.02. The molecule has 3 rings (SSSR count). The van der Waals surface area contributed by atoms with Crippen LogP contribution in [0.15, 0.2) is 48.5 Å². The lowest BCUT2D eigenvalue weighted by molar-refractivity contribution is -0.116. The van der Waals surface area contributed by atoms with Crippen molar-refractivity contribution in [1.29, 1.82) is 0 Å². The van der Waals surface area contributed by atoms with Crippen LogP contribution in [0.5, 0.6) is 0 Å². The van der Waals surface area contributed by atoms with Gasteiger partial charge in [0.2, 0.25) is 5.91 Å². The molecule has 2 amide bonds. The first-order valence-corrected chi connectivity index (χ1v) is 9.35. The van der Waals surface area contributed by atoms with Gasteiger partial charge in [-0.05, 0) is 43.3 Å². The molecule has 7 heteroatoms. The van der Waals surface area contributed by atoms with Crippen molar-refractivity contribution in [3.05, 3.63) is 59.9 Å². The monoisotopic (exact) mass is 385 g/mol. The molecule has 0 radical (unpaired) electrons. The van der Waals surface area contributed by atoms with Crippen molar-refractivity contribution in [2.75, 3.05) is 49.6 Å². The Morgan fingerprint density at radius 2 is 1.79 bits per heavy atom. The van der Waals surface area contributed by atoms with Gasteiger partial charge in [-0.3, -0.25) is 9.59 Å². The molecule has 1 fully saturated rings. The van der Waals surface area contributed by atoms with Crippen LogP contribution in [-0.4, -0.2) is 56.1 Å². The maximum Gasteiger partial charge on any atom is 0.257 e. The summed E-state index contributed by atoms with van der Waals surface area (Å²) in [4.78, 5) is 28.4. The third-order valence-corrected chi connectivity index (χ3v) is 4.63. The molecule has 0 atom stereocenters. The van der Waals surface area contributed by atoms with Gasteiger partial charge in [-0.1, -0.05) is 12.1 Å². The minimum absolute atomic E-state index is 0.0352. The van der Waals surface area contributed by atoms with Gasteiger partial charge >= 0.3 is 0 Å². The molecule has 0 saturated carbocycles. The Morgan fingerprint density at radius 1 is 1.11 bits per heavy atom. The molecule has 148 valence electrons. The average molecular weight is 385 g/mol. The van der Waals surface area contributed by atoms with E-state index in [0.717, 1.165) is 18.8 Å². The van der Waals surface area contributed by atoms with E-state index in [1.165, 1.54) is 23.1 Å². The van der Waals surface area contributed by atoms with Crippen LogP contribution in [0.3, 0.4) is 0 Å². The molecule has 2 aromatic carbocycles. The second-order valence-electron chi connectivity index (χ2n) is 6.49. The standard InChI is InChI=1S/C21H24FN3O3/c1-2-24(21(27)18-5-3-4-6-19(18)22)15-20(26)23-16-7-9-17(10-8-16)25-11-13-28-14-12-25/h3-10H,2,11-15H2,1H3,(H,23,26). The fourth-order valence-electron chi connectivity index (χ4n) is 3.08. The lowest BCUT2D eigenvalue weighted by Crippen LogP contribution is -2.38. The van der Waals surface area contributed by atoms with Crippen LogP contribution in [0.25, 0.3) is 0 Å². The number of ether oxygens (including phenoxy) is 1. The Kier molecular flexibility index (Phi) is 6.60. The summed E-state index contributed by atoms with van der Waals surface area (Å²) in [5.41, 5.74) is 1.69. The molecule has 1 saturated heterocycles. The van der Waals surface area contributed by atoms with E-state index in [0.29, 0.717) is 25.4 Å². The number of nitrogens with one attached hydrogen (secondary N) is 1. The van der Waals surface area contributed by atoms with Crippen LogP contribution in [0.1, 0.15) is 17.3 Å². The lowest BCUT2D eigenvalue weighted by Gasteiger charge is -2.29. The zero-order valence-electron chi connectivity index (χ0n) is 15.9. The molecule has 0 spiro atoms. The van der Waals surface area contributed by atoms with Crippen molar-refractivity contribution >= 4 is 23.2 Å². The number of likely N-dealkylation sites (N-methyl/N-ethyl adjacent to an activating group) is 1. The van der Waals surface area contributed by atoms with E-state index in [1.54, 1.807) is 13.0 Å². The normalized spacial score (nSPS) is 13.9. The summed E-state index contributed by atoms with van der Waals surface area (Å²) in [5.74, 6) is -1.42. The van der Waals surface area contributed by atoms with Crippen molar-refractivity contribution in [3.8, 4) is 0 Å². The number of benzene rings is 2. The molecule has 0 bridgehead atoms. The molecule has 0 aliphatic carbocycles. The smallest absolute Gasteiger partial charge is 0.257 e. The van der Waals surface area contributed by atoms with E-state index in [1.807, 2.05) is 24.3 Å². The molecule has 1 aliphatic rings. The topological polar surface area (TPSA) is 61.9 Å². The molecule has 6 nitrogen and oxygen atoms in total. The molecular formula is C21H24FN3O3. The van der Waals surface area contributed by atoms with Crippen LogP contribution >= 0.6 is 0 Å². The minimum Gasteiger partial charge on any atom is -0.378 e. The highest BCUT2D eigenvalue weighted by Crippen LogP contribution is 2.19. The number of nitrogens with zero attached hydrogens (tertiary/aromatic N) is 2. The molecule has 1 aliphatic heterocycles. The zero-order chi connectivity index (χ0) is 19.9. The largest absolute Gasteiger partial charge is 0.378 e. The van der Waals surface area contributed by atoms with Crippen LogP contribution in [-0.2, 0) is 9.53 Å². The number of carbonyl (C=O) groups excluding carboxylic acids is 2. The van der Waals surface area contributed by atoms with Gasteiger partial charge in [0.05, 0.1) is 18.8 Å². The fraction of sp³-hybridized carbons (Fsp3) is 0.333. The minimum atomic E-state index is -0.593. The predicted molar refractivity (Wildman–Crippen MR) is 106 cm³/mol. The van der Waals surface area contributed by atoms with E-state index in [-0.39, 0.29) is 18.0 Å². The third-order valence-electron chi connectivity index (χ3n) is 4.63. The number of carbonyl (C=O) groups is 2. The summed E-state index contributed by atoms with van der Waals surface area (Å²) >= 11 is 0. The molecule has 0 unspecified atom stereocenters. The van der Waals surface area contributed by atoms with Gasteiger partial charge in [0.1, 0.15) is 12.4 Å². The second-order valence-corrected chi connectivity index (χ2v) is 6.49. The summed E-state index contributed by atoms with van der Waals surface area (Å²) in [7, 11) is 0. The van der Waals surface area contributed by atoms with Crippen molar-refractivity contribution in [3.63, 3.8) is 0 Å². The van der Waals surface area contributed by atoms with Crippen molar-refractivity contribution in [2.45, 2.75) is 6.92 Å². The van der Waals surface area contributed by atoms with E-state index in [2.05, 4.69) is 10.2 Å². The average Bonchev–Trinajstić information content (AvgIpc) is 2.73. The molecule has 1 N–H and O–H groups in total. The molecular weight excluding hydrogens is 361 g/mol. The van der Waals surface area contributed by atoms with E-state index in [9.17, 15) is 14.0 Å². The van der Waals surface area contributed by atoms with E-state index in [4.69, 9.17) is 4.74 Å². The first kappa shape index (κ1) is 19.8. The van der Waals surface area contributed by atoms with Crippen LogP contribution in [0, 0.1) is 5.82 Å². The van der Waals surface area contributed by atoms with Crippen molar-refractivity contribution in [2.24, 2.45) is 0 Å². The van der Waals surface area contributed by atoms with Crippen LogP contribution < -0.4 is 10.2 Å². The summed E-state index contributed by atoms with van der Waals surface area (Å²) in [6, 6.07) is 13.3. The first-order chi connectivity index (χ1) is 13.6. The van der Waals surface area contributed by atoms with Gasteiger partial charge < -0.3 is 19.9 Å². The van der Waals surface area contributed by atoms with Gasteiger partial charge in [-0.2, -0.15) is 0 Å². The van der Waals surface area contributed by atoms with Crippen LogP contribution in [0.4, 0.5) is 15.8 Å². The number of hydrogen-bond acceptors (Lipinski definition) is 4. The summed E-state index contributed by atoms with van der Waals surface area (Å²) < 4.78 is 19.2. The molecule has 2 aromatic rings. The quantitative estimate of drug-likeness (QED) is 0.831. The van der Waals surface area contributed by atoms with Gasteiger partial charge in [0.25, 0.3) is 5.91 Å². The Balaban J connectivity index is 1.59. The number of morpholine rings is 1. The Morgan fingerprint density at radius 3 is 2.43 bits per heavy atom. The zero-order valence-corrected chi connectivity index (χ0v) is 15.9. The maximum absolute atomic E-state index is 13.9. The fourth-order valence-corrected chi connectivity index (χ4v) is 3.08.